The summed E-state index contributed by atoms with van der Waals surface area (Å²) in [6.45, 7) is 0. The van der Waals surface area contributed by atoms with Gasteiger partial charge in [0.1, 0.15) is 0 Å². The van der Waals surface area contributed by atoms with Crippen LogP contribution in [0.2, 0.25) is 0 Å². The number of aromatic nitrogens is 4. The van der Waals surface area contributed by atoms with Gasteiger partial charge in [0, 0.05) is 45.7 Å². The highest BCUT2D eigenvalue weighted by Gasteiger charge is 2.54. The lowest BCUT2D eigenvalue weighted by atomic mass is 9.64. The van der Waals surface area contributed by atoms with E-state index in [1.54, 1.807) is 0 Å². The fourth-order valence-electron chi connectivity index (χ4n) is 12.2. The van der Waals surface area contributed by atoms with Crippen LogP contribution in [0.15, 0.2) is 150 Å². The van der Waals surface area contributed by atoms with Gasteiger partial charge in [-0.2, -0.15) is 0 Å². The van der Waals surface area contributed by atoms with Gasteiger partial charge in [0.25, 0.3) is 5.91 Å². The summed E-state index contributed by atoms with van der Waals surface area (Å²) in [5.74, 6) is 8.54. The van der Waals surface area contributed by atoms with Crippen LogP contribution < -0.4 is 17.0 Å². The Kier molecular flexibility index (Phi) is 11.7. The second-order valence-electron chi connectivity index (χ2n) is 18.7. The number of nitrogens with zero attached hydrogens (tertiary/aromatic N) is 4. The van der Waals surface area contributed by atoms with Crippen molar-refractivity contribution in [2.75, 3.05) is 5.73 Å². The molecule has 4 bridgehead atoms. The number of anilines is 1. The lowest BCUT2D eigenvalue weighted by Gasteiger charge is -2.39. The molecule has 4 aromatic carbocycles. The molecule has 9 heteroatoms. The fourth-order valence-corrected chi connectivity index (χ4v) is 12.2. The Bertz CT molecular complexity index is 2650. The average Bonchev–Trinajstić information content (AvgIpc) is 4.23. The molecule has 5 N–H and O–H groups in total. The number of benzene rings is 4. The topological polar surface area (TPSA) is 146 Å². The predicted octanol–water partition coefficient (Wildman–Crippen LogP) is 10.2. The van der Waals surface area contributed by atoms with Crippen molar-refractivity contribution in [3.8, 4) is 11.5 Å². The minimum atomic E-state index is -0.245. The summed E-state index contributed by atoms with van der Waals surface area (Å²) in [4.78, 5) is 20.8. The van der Waals surface area contributed by atoms with E-state index in [9.17, 15) is 4.79 Å². The number of nitrogens with two attached hydrogens (primary N) is 2. The summed E-state index contributed by atoms with van der Waals surface area (Å²) in [7, 11) is 0. The van der Waals surface area contributed by atoms with Crippen LogP contribution in [0.1, 0.15) is 106 Å². The number of aryl methyl sites for hydroxylation is 4. The molecular formula is C55H57N7O2. The van der Waals surface area contributed by atoms with E-state index < -0.39 is 0 Å². The standard InChI is InChI=1S/C28H28N4O.C27H29N3O/c29-27-32-31-26(33-27)21-8-13-23(14-9-21)28(18-20-6-12-24(28)17-20)22-10-4-19(5-11-22)7-15-25-3-1-2-16-30-25;28-30-26(31)21-8-13-23(14-9-21)27(18-20-6-12-24(27)17-20)22-10-4-19(5-11-22)7-15-25-3-1-2-16-29-25/h1-5,8-11,13-14,16,20,24H,6-7,12,15,17-18H2,(H2,29,32);1-5,8-11,13-14,16,20,24H,6-7,12,15,17-18,28H2,(H,30,31)/t20?,24-,28-;20?,24-,27-/m11/s1. The lowest BCUT2D eigenvalue weighted by Crippen LogP contribution is -2.34. The van der Waals surface area contributed by atoms with Crippen LogP contribution in [-0.2, 0) is 36.5 Å². The van der Waals surface area contributed by atoms with Crippen molar-refractivity contribution < 1.29 is 9.21 Å². The van der Waals surface area contributed by atoms with Gasteiger partial charge in [0.2, 0.25) is 5.89 Å². The Morgan fingerprint density at radius 1 is 0.578 bits per heavy atom. The number of hydrogen-bond donors (Lipinski definition) is 3. The highest BCUT2D eigenvalue weighted by molar-refractivity contribution is 5.93. The Hall–Kier alpha value is -6.45. The molecule has 0 spiro atoms. The minimum Gasteiger partial charge on any atom is -0.404 e. The number of nitrogens with one attached hydrogen (secondary N) is 1. The largest absolute Gasteiger partial charge is 0.404 e. The molecule has 3 heterocycles. The van der Waals surface area contributed by atoms with Crippen molar-refractivity contribution >= 4 is 11.9 Å². The first-order valence-corrected chi connectivity index (χ1v) is 23.2. The summed E-state index contributed by atoms with van der Waals surface area (Å²) in [5, 5.41) is 7.81. The molecule has 0 aliphatic heterocycles. The SMILES string of the molecule is NNC(=O)c1ccc([C@]2(c3ccc(CCc4ccccn4)cc3)CC3CC[C@@H]2C3)cc1.Nc1nnc(-c2ccc([C@]3(c4ccc(CCc5ccccn5)cc4)CC4CC[C@@H]3C4)cc2)o1. The second-order valence-corrected chi connectivity index (χ2v) is 18.7. The smallest absolute Gasteiger partial charge is 0.313 e. The van der Waals surface area contributed by atoms with Gasteiger partial charge in [-0.25, -0.2) is 5.84 Å². The van der Waals surface area contributed by atoms with Gasteiger partial charge in [-0.15, -0.1) is 5.10 Å². The second kappa shape index (κ2) is 18.0. The van der Waals surface area contributed by atoms with Crippen molar-refractivity contribution in [2.24, 2.45) is 29.5 Å². The number of pyridine rings is 2. The molecule has 2 unspecified atom stereocenters. The first-order chi connectivity index (χ1) is 31.4. The molecule has 11 rings (SSSR count). The molecule has 0 saturated heterocycles. The van der Waals surface area contributed by atoms with Gasteiger partial charge in [0.15, 0.2) is 0 Å². The van der Waals surface area contributed by atoms with Crippen LogP contribution in [0.5, 0.6) is 0 Å². The third-order valence-electron chi connectivity index (χ3n) is 15.3. The molecule has 64 heavy (non-hydrogen) atoms. The lowest BCUT2D eigenvalue weighted by molar-refractivity contribution is 0.0953. The quantitative estimate of drug-likeness (QED) is 0.0626. The van der Waals surface area contributed by atoms with E-state index in [0.717, 1.165) is 54.5 Å². The summed E-state index contributed by atoms with van der Waals surface area (Å²) in [6.07, 6.45) is 18.1. The maximum atomic E-state index is 11.9. The van der Waals surface area contributed by atoms with Crippen molar-refractivity contribution in [2.45, 2.75) is 87.9 Å². The maximum absolute atomic E-state index is 11.9. The van der Waals surface area contributed by atoms with Crippen LogP contribution in [0.3, 0.4) is 0 Å². The van der Waals surface area contributed by atoms with Crippen LogP contribution in [0.4, 0.5) is 6.01 Å². The number of nitrogen functional groups attached to an aromatic ring is 2. The van der Waals surface area contributed by atoms with Gasteiger partial charge < -0.3 is 10.2 Å². The summed E-state index contributed by atoms with van der Waals surface area (Å²) < 4.78 is 5.41. The van der Waals surface area contributed by atoms with Gasteiger partial charge in [-0.1, -0.05) is 103 Å². The molecule has 4 aliphatic carbocycles. The molecule has 4 saturated carbocycles. The number of carbonyl (C=O) groups excluding carboxylic acids is 1. The van der Waals surface area contributed by atoms with Gasteiger partial charge in [-0.05, 0) is 170 Å². The Morgan fingerprint density at radius 3 is 1.42 bits per heavy atom. The molecule has 0 radical (unpaired) electrons. The Balaban J connectivity index is 0.000000152. The van der Waals surface area contributed by atoms with E-state index in [4.69, 9.17) is 16.0 Å². The zero-order valence-electron chi connectivity index (χ0n) is 36.4. The first-order valence-electron chi connectivity index (χ1n) is 23.2. The van der Waals surface area contributed by atoms with Crippen LogP contribution >= 0.6 is 0 Å². The monoisotopic (exact) mass is 847 g/mol. The highest BCUT2D eigenvalue weighted by Crippen LogP contribution is 2.61. The molecule has 9 nitrogen and oxygen atoms in total. The van der Waals surface area contributed by atoms with Gasteiger partial charge in [-0.3, -0.25) is 20.2 Å². The summed E-state index contributed by atoms with van der Waals surface area (Å²) in [5.41, 5.74) is 20.1. The van der Waals surface area contributed by atoms with Gasteiger partial charge >= 0.3 is 6.01 Å². The van der Waals surface area contributed by atoms with Crippen molar-refractivity contribution in [3.63, 3.8) is 0 Å². The van der Waals surface area contributed by atoms with E-state index in [1.807, 2.05) is 42.7 Å². The van der Waals surface area contributed by atoms with Crippen molar-refractivity contribution in [1.29, 1.82) is 0 Å². The Labute approximate surface area is 376 Å². The van der Waals surface area contributed by atoms with E-state index in [2.05, 4.69) is 129 Å². The van der Waals surface area contributed by atoms with Crippen LogP contribution in [0.25, 0.3) is 11.5 Å². The van der Waals surface area contributed by atoms with E-state index in [1.165, 1.54) is 84.7 Å². The molecule has 324 valence electrons. The number of hydrazine groups is 1. The molecule has 7 aromatic rings. The van der Waals surface area contributed by atoms with E-state index in [-0.39, 0.29) is 22.8 Å². The molecule has 3 aromatic heterocycles. The number of carbonyl (C=O) groups is 1. The average molecular weight is 848 g/mol. The van der Waals surface area contributed by atoms with Gasteiger partial charge in [0.05, 0.1) is 0 Å². The third kappa shape index (κ3) is 8.13. The number of amides is 1. The summed E-state index contributed by atoms with van der Waals surface area (Å²) >= 11 is 0. The third-order valence-corrected chi connectivity index (χ3v) is 15.3. The minimum absolute atomic E-state index is 0.0557. The van der Waals surface area contributed by atoms with Crippen LogP contribution in [0, 0.1) is 23.7 Å². The van der Waals surface area contributed by atoms with E-state index in [0.29, 0.717) is 23.3 Å². The summed E-state index contributed by atoms with van der Waals surface area (Å²) in [6, 6.07) is 47.8. The Morgan fingerprint density at radius 2 is 1.05 bits per heavy atom. The molecule has 1 amide bonds. The fraction of sp³-hybridized carbons (Fsp3) is 0.327. The first kappa shape index (κ1) is 41.6. The highest BCUT2D eigenvalue weighted by atomic mass is 16.4. The van der Waals surface area contributed by atoms with Crippen molar-refractivity contribution in [3.05, 3.63) is 196 Å². The molecule has 4 fully saturated rings. The normalized spacial score (nSPS) is 24.0. The molecule has 4 aliphatic rings. The zero-order chi connectivity index (χ0) is 43.5. The van der Waals surface area contributed by atoms with Crippen molar-refractivity contribution in [1.82, 2.24) is 25.6 Å². The predicted molar refractivity (Wildman–Crippen MR) is 251 cm³/mol. The number of fused-ring (bicyclic) bond motifs is 4. The zero-order valence-corrected chi connectivity index (χ0v) is 36.4. The molecular weight excluding hydrogens is 791 g/mol. The van der Waals surface area contributed by atoms with Crippen LogP contribution in [-0.4, -0.2) is 26.1 Å². The van der Waals surface area contributed by atoms with E-state index >= 15 is 0 Å². The maximum Gasteiger partial charge on any atom is 0.313 e. The number of rotatable bonds is 12. The number of hydrogen-bond acceptors (Lipinski definition) is 8. The molecule has 6 atom stereocenters.